The molecule has 0 bridgehead atoms. The van der Waals surface area contributed by atoms with Gasteiger partial charge < -0.3 is 4.74 Å². The molecule has 0 amide bonds. The van der Waals surface area contributed by atoms with Crippen molar-refractivity contribution in [3.8, 4) is 0 Å². The lowest BCUT2D eigenvalue weighted by Crippen LogP contribution is -2.50. The first kappa shape index (κ1) is 21.1. The average molecular weight is 422 g/mol. The quantitative estimate of drug-likeness (QED) is 0.260. The number of hydrogen-bond acceptors (Lipinski definition) is 7. The molecule has 1 aliphatic heterocycles. The number of benzene rings is 2. The lowest BCUT2D eigenvalue weighted by molar-refractivity contribution is -0.384. The zero-order valence-electron chi connectivity index (χ0n) is 17.7. The molecule has 1 saturated heterocycles. The molecule has 0 N–H and O–H groups in total. The lowest BCUT2D eigenvalue weighted by Gasteiger charge is -2.36. The van der Waals surface area contributed by atoms with E-state index in [4.69, 9.17) is 9.73 Å². The molecule has 1 unspecified atom stereocenters. The van der Waals surface area contributed by atoms with Gasteiger partial charge in [0.25, 0.3) is 5.69 Å². The van der Waals surface area contributed by atoms with E-state index in [1.165, 1.54) is 12.1 Å². The van der Waals surface area contributed by atoms with E-state index in [9.17, 15) is 10.1 Å². The molecule has 31 heavy (non-hydrogen) atoms. The summed E-state index contributed by atoms with van der Waals surface area (Å²) in [6, 6.07) is 14.1. The number of non-ortho nitro benzene ring substituents is 1. The first-order valence-electron chi connectivity index (χ1n) is 10.5. The molecule has 4 rings (SSSR count). The average Bonchev–Trinajstić information content (AvgIpc) is 3.21. The Hall–Kier alpha value is -3.17. The van der Waals surface area contributed by atoms with E-state index in [0.29, 0.717) is 30.7 Å². The van der Waals surface area contributed by atoms with Gasteiger partial charge in [-0.15, -0.1) is 5.10 Å². The second kappa shape index (κ2) is 9.32. The van der Waals surface area contributed by atoms with Crippen molar-refractivity contribution >= 4 is 28.2 Å². The maximum Gasteiger partial charge on any atom is 0.271 e. The minimum Gasteiger partial charge on any atom is -0.379 e. The van der Waals surface area contributed by atoms with Crippen LogP contribution in [0.25, 0.3) is 11.0 Å². The molecular formula is C22H26N6O3. The third-order valence-corrected chi connectivity index (χ3v) is 5.33. The Bertz CT molecular complexity index is 1090. The molecule has 0 aliphatic carbocycles. The van der Waals surface area contributed by atoms with Crippen LogP contribution in [0.5, 0.6) is 0 Å². The molecular weight excluding hydrogens is 396 g/mol. The van der Waals surface area contributed by atoms with Crippen LogP contribution in [0, 0.1) is 16.0 Å². The van der Waals surface area contributed by atoms with Crippen LogP contribution in [-0.4, -0.2) is 63.0 Å². The fourth-order valence-electron chi connectivity index (χ4n) is 3.86. The number of nitro groups is 1. The Morgan fingerprint density at radius 1 is 1.19 bits per heavy atom. The molecule has 9 heteroatoms. The Morgan fingerprint density at radius 2 is 1.97 bits per heavy atom. The first-order chi connectivity index (χ1) is 15.0. The van der Waals surface area contributed by atoms with Gasteiger partial charge in [0.1, 0.15) is 11.4 Å². The highest BCUT2D eigenvalue weighted by Gasteiger charge is 2.29. The minimum atomic E-state index is -0.406. The van der Waals surface area contributed by atoms with E-state index < -0.39 is 4.92 Å². The highest BCUT2D eigenvalue weighted by Crippen LogP contribution is 2.24. The van der Waals surface area contributed by atoms with Crippen molar-refractivity contribution < 1.29 is 9.66 Å². The van der Waals surface area contributed by atoms with Crippen molar-refractivity contribution in [1.82, 2.24) is 19.9 Å². The number of rotatable bonds is 6. The van der Waals surface area contributed by atoms with Crippen molar-refractivity contribution in [3.63, 3.8) is 0 Å². The van der Waals surface area contributed by atoms with Gasteiger partial charge in [0.05, 0.1) is 35.4 Å². The van der Waals surface area contributed by atoms with Gasteiger partial charge in [0.2, 0.25) is 0 Å². The summed E-state index contributed by atoms with van der Waals surface area (Å²) in [4.78, 5) is 18.1. The molecule has 2 heterocycles. The molecule has 1 aromatic heterocycles. The third kappa shape index (κ3) is 4.78. The summed E-state index contributed by atoms with van der Waals surface area (Å²) >= 11 is 0. The van der Waals surface area contributed by atoms with Gasteiger partial charge in [-0.1, -0.05) is 37.3 Å². The Kier molecular flexibility index (Phi) is 6.34. The molecule has 1 fully saturated rings. The summed E-state index contributed by atoms with van der Waals surface area (Å²) < 4.78 is 7.34. The molecule has 3 aromatic rings. The van der Waals surface area contributed by atoms with Crippen LogP contribution in [0.15, 0.2) is 53.5 Å². The molecule has 1 atom stereocenters. The van der Waals surface area contributed by atoms with Crippen molar-refractivity contribution in [2.75, 3.05) is 26.3 Å². The summed E-state index contributed by atoms with van der Waals surface area (Å²) in [6.07, 6.45) is 0.863. The standard InChI is InChI=1S/C22H26N6O3/c1-16(2)14-21(26-10-12-31-13-11-26)22(23-17-6-5-7-18(15-17)28(29)30)27-20-9-4-3-8-19(20)24-25-27/h3-9,15-16,21H,10-14H2,1-2H3. The monoisotopic (exact) mass is 422 g/mol. The number of nitro benzene ring substituents is 1. The molecule has 1 aliphatic rings. The summed E-state index contributed by atoms with van der Waals surface area (Å²) in [5.74, 6) is 1.13. The number of fused-ring (bicyclic) bond motifs is 1. The van der Waals surface area contributed by atoms with Gasteiger partial charge in [-0.05, 0) is 30.5 Å². The van der Waals surface area contributed by atoms with Crippen LogP contribution >= 0.6 is 0 Å². The maximum absolute atomic E-state index is 11.3. The van der Waals surface area contributed by atoms with Crippen LogP contribution < -0.4 is 0 Å². The largest absolute Gasteiger partial charge is 0.379 e. The van der Waals surface area contributed by atoms with Crippen molar-refractivity contribution in [1.29, 1.82) is 0 Å². The molecule has 0 radical (unpaired) electrons. The number of morpholine rings is 1. The van der Waals surface area contributed by atoms with Crippen LogP contribution in [0.3, 0.4) is 0 Å². The number of nitrogens with zero attached hydrogens (tertiary/aromatic N) is 6. The molecule has 0 spiro atoms. The fourth-order valence-corrected chi connectivity index (χ4v) is 3.86. The van der Waals surface area contributed by atoms with E-state index in [1.807, 2.05) is 24.3 Å². The summed E-state index contributed by atoms with van der Waals surface area (Å²) in [5, 5.41) is 20.0. The fraction of sp³-hybridized carbons (Fsp3) is 0.409. The van der Waals surface area contributed by atoms with Crippen LogP contribution in [0.2, 0.25) is 0 Å². The highest BCUT2D eigenvalue weighted by molar-refractivity contribution is 5.97. The number of hydrogen-bond donors (Lipinski definition) is 0. The minimum absolute atomic E-state index is 0.0100. The van der Waals surface area contributed by atoms with Gasteiger partial charge in [-0.25, -0.2) is 4.99 Å². The highest BCUT2D eigenvalue weighted by atomic mass is 16.6. The van der Waals surface area contributed by atoms with Crippen molar-refractivity contribution in [3.05, 3.63) is 58.6 Å². The predicted octanol–water partition coefficient (Wildman–Crippen LogP) is 3.66. The molecule has 2 aromatic carbocycles. The Labute approximate surface area is 180 Å². The van der Waals surface area contributed by atoms with Crippen LogP contribution in [0.1, 0.15) is 20.3 Å². The lowest BCUT2D eigenvalue weighted by atomic mass is 10.0. The van der Waals surface area contributed by atoms with E-state index in [0.717, 1.165) is 30.5 Å². The Balaban J connectivity index is 1.86. The van der Waals surface area contributed by atoms with Crippen LogP contribution in [-0.2, 0) is 4.74 Å². The van der Waals surface area contributed by atoms with Crippen molar-refractivity contribution in [2.45, 2.75) is 26.3 Å². The van der Waals surface area contributed by atoms with Gasteiger partial charge in [-0.3, -0.25) is 15.0 Å². The number of para-hydroxylation sites is 1. The second-order valence-electron chi connectivity index (χ2n) is 8.03. The normalized spacial score (nSPS) is 16.7. The zero-order chi connectivity index (χ0) is 21.8. The number of ether oxygens (including phenoxy) is 1. The predicted molar refractivity (Wildman–Crippen MR) is 119 cm³/mol. The van der Waals surface area contributed by atoms with E-state index in [-0.39, 0.29) is 11.7 Å². The molecule has 0 saturated carbocycles. The van der Waals surface area contributed by atoms with Gasteiger partial charge >= 0.3 is 0 Å². The topological polar surface area (TPSA) is 98.7 Å². The number of aliphatic imine (C=N–C) groups is 1. The summed E-state index contributed by atoms with van der Waals surface area (Å²) in [6.45, 7) is 7.26. The van der Waals surface area contributed by atoms with E-state index in [1.54, 1.807) is 16.8 Å². The Morgan fingerprint density at radius 3 is 2.71 bits per heavy atom. The summed E-state index contributed by atoms with van der Waals surface area (Å²) in [7, 11) is 0. The third-order valence-electron chi connectivity index (χ3n) is 5.33. The van der Waals surface area contributed by atoms with Crippen molar-refractivity contribution in [2.24, 2.45) is 10.9 Å². The smallest absolute Gasteiger partial charge is 0.271 e. The molecule has 9 nitrogen and oxygen atoms in total. The zero-order valence-corrected chi connectivity index (χ0v) is 17.7. The van der Waals surface area contributed by atoms with E-state index in [2.05, 4.69) is 29.1 Å². The van der Waals surface area contributed by atoms with Gasteiger partial charge in [-0.2, -0.15) is 4.68 Å². The number of aromatic nitrogens is 3. The van der Waals surface area contributed by atoms with E-state index >= 15 is 0 Å². The maximum atomic E-state index is 11.3. The SMILES string of the molecule is CC(C)CC(C(=Nc1cccc([N+](=O)[O-])c1)n1nnc2ccccc21)N1CCOCC1. The van der Waals surface area contributed by atoms with Gasteiger partial charge in [0, 0.05) is 25.2 Å². The molecule has 162 valence electrons. The van der Waals surface area contributed by atoms with Crippen LogP contribution in [0.4, 0.5) is 11.4 Å². The second-order valence-corrected chi connectivity index (χ2v) is 8.03. The van der Waals surface area contributed by atoms with Gasteiger partial charge in [0.15, 0.2) is 0 Å². The summed E-state index contributed by atoms with van der Waals surface area (Å²) in [5.41, 5.74) is 2.16. The first-order valence-corrected chi connectivity index (χ1v) is 10.5.